The van der Waals surface area contributed by atoms with Crippen molar-refractivity contribution in [3.8, 4) is 0 Å². The van der Waals surface area contributed by atoms with Crippen LogP contribution >= 0.6 is 0 Å². The molecule has 0 rings (SSSR count). The van der Waals surface area contributed by atoms with Crippen molar-refractivity contribution >= 4 is 17.9 Å². The lowest BCUT2D eigenvalue weighted by molar-refractivity contribution is -0.167. The molecule has 1 unspecified atom stereocenters. The molecular weight excluding hydrogens is 817 g/mol. The van der Waals surface area contributed by atoms with Gasteiger partial charge in [-0.3, -0.25) is 14.4 Å². The highest BCUT2D eigenvalue weighted by Crippen LogP contribution is 2.15. The molecule has 6 nitrogen and oxygen atoms in total. The Labute approximate surface area is 407 Å². The zero-order valence-corrected chi connectivity index (χ0v) is 43.2. The first-order valence-corrected chi connectivity index (χ1v) is 27.6. The van der Waals surface area contributed by atoms with Gasteiger partial charge in [-0.15, -0.1) is 0 Å². The summed E-state index contributed by atoms with van der Waals surface area (Å²) in [7, 11) is 0. The second kappa shape index (κ2) is 54.2. The van der Waals surface area contributed by atoms with Crippen LogP contribution in [0, 0.1) is 0 Å². The number of hydrogen-bond donors (Lipinski definition) is 0. The molecular formula is C60H102O6. The fourth-order valence-corrected chi connectivity index (χ4v) is 7.50. The average molecular weight is 919 g/mol. The Hall–Kier alpha value is -3.41. The molecule has 0 aromatic heterocycles. The van der Waals surface area contributed by atoms with Gasteiger partial charge in [-0.1, -0.05) is 228 Å². The van der Waals surface area contributed by atoms with Crippen molar-refractivity contribution in [2.24, 2.45) is 0 Å². The van der Waals surface area contributed by atoms with Gasteiger partial charge in [0.05, 0.1) is 0 Å². The van der Waals surface area contributed by atoms with Crippen LogP contribution in [0.2, 0.25) is 0 Å². The summed E-state index contributed by atoms with van der Waals surface area (Å²) in [4.78, 5) is 37.9. The topological polar surface area (TPSA) is 78.9 Å². The van der Waals surface area contributed by atoms with Crippen LogP contribution in [0.1, 0.15) is 258 Å². The standard InChI is InChI=1S/C60H102O6/c1-4-7-10-13-16-19-21-23-25-27-29-30-32-33-35-37-39-41-44-47-50-53-59(62)65-56-57(55-64-58(61)52-49-46-43-18-15-12-9-6-3)66-60(63)54-51-48-45-42-40-38-36-34-31-28-26-24-22-20-17-14-11-8-5-2/h7,10,16,19,23-26,29-30,33,35,39,41,57H,4-6,8-9,11-15,17-18,20-22,27-28,31-32,34,36-38,40,42-56H2,1-3H3/b10-7-,19-16-,25-23-,26-24-,30-29-,35-33-,41-39-. The minimum absolute atomic E-state index is 0.0902. The lowest BCUT2D eigenvalue weighted by Gasteiger charge is -2.18. The number of hydrogen-bond acceptors (Lipinski definition) is 6. The molecule has 0 fully saturated rings. The Bertz CT molecular complexity index is 1290. The van der Waals surface area contributed by atoms with Crippen LogP contribution in [-0.4, -0.2) is 37.2 Å². The van der Waals surface area contributed by atoms with E-state index in [0.29, 0.717) is 19.3 Å². The second-order valence-electron chi connectivity index (χ2n) is 18.1. The van der Waals surface area contributed by atoms with Crippen LogP contribution in [0.25, 0.3) is 0 Å². The maximum absolute atomic E-state index is 12.8. The Balaban J connectivity index is 4.35. The molecule has 0 heterocycles. The fourth-order valence-electron chi connectivity index (χ4n) is 7.50. The van der Waals surface area contributed by atoms with Gasteiger partial charge < -0.3 is 14.2 Å². The third kappa shape index (κ3) is 51.6. The van der Waals surface area contributed by atoms with Crippen molar-refractivity contribution in [3.63, 3.8) is 0 Å². The molecule has 0 radical (unpaired) electrons. The molecule has 6 heteroatoms. The predicted molar refractivity (Wildman–Crippen MR) is 284 cm³/mol. The van der Waals surface area contributed by atoms with Crippen molar-refractivity contribution in [1.82, 2.24) is 0 Å². The molecule has 0 saturated heterocycles. The van der Waals surface area contributed by atoms with E-state index in [-0.39, 0.29) is 31.1 Å². The molecule has 0 aromatic rings. The number of unbranched alkanes of at least 4 members (excludes halogenated alkanes) is 24. The van der Waals surface area contributed by atoms with Crippen molar-refractivity contribution < 1.29 is 28.6 Å². The maximum atomic E-state index is 12.8. The highest BCUT2D eigenvalue weighted by Gasteiger charge is 2.19. The van der Waals surface area contributed by atoms with Gasteiger partial charge in [0.1, 0.15) is 13.2 Å². The van der Waals surface area contributed by atoms with Crippen LogP contribution in [0.4, 0.5) is 0 Å². The van der Waals surface area contributed by atoms with Crippen molar-refractivity contribution in [3.05, 3.63) is 85.1 Å². The van der Waals surface area contributed by atoms with Crippen LogP contribution in [0.5, 0.6) is 0 Å². The number of carbonyl (C=O) groups is 3. The Morgan fingerprint density at radius 2 is 0.591 bits per heavy atom. The number of carbonyl (C=O) groups excluding carboxylic acids is 3. The number of rotatable bonds is 49. The largest absolute Gasteiger partial charge is 0.462 e. The molecule has 0 aliphatic rings. The summed E-state index contributed by atoms with van der Waals surface area (Å²) in [5.41, 5.74) is 0. The third-order valence-electron chi connectivity index (χ3n) is 11.6. The van der Waals surface area contributed by atoms with E-state index >= 15 is 0 Å². The lowest BCUT2D eigenvalue weighted by atomic mass is 10.1. The minimum atomic E-state index is -0.793. The van der Waals surface area contributed by atoms with Gasteiger partial charge in [0.15, 0.2) is 6.10 Å². The monoisotopic (exact) mass is 919 g/mol. The van der Waals surface area contributed by atoms with E-state index in [0.717, 1.165) is 96.3 Å². The van der Waals surface area contributed by atoms with Crippen LogP contribution in [0.3, 0.4) is 0 Å². The lowest BCUT2D eigenvalue weighted by Crippen LogP contribution is -2.30. The van der Waals surface area contributed by atoms with Gasteiger partial charge >= 0.3 is 17.9 Å². The zero-order chi connectivity index (χ0) is 47.9. The summed E-state index contributed by atoms with van der Waals surface area (Å²) in [6.07, 6.45) is 70.1. The molecule has 0 aliphatic carbocycles. The van der Waals surface area contributed by atoms with E-state index in [4.69, 9.17) is 14.2 Å². The Morgan fingerprint density at radius 1 is 0.318 bits per heavy atom. The van der Waals surface area contributed by atoms with Crippen molar-refractivity contribution in [1.29, 1.82) is 0 Å². The highest BCUT2D eigenvalue weighted by atomic mass is 16.6. The summed E-state index contributed by atoms with van der Waals surface area (Å²) < 4.78 is 16.8. The smallest absolute Gasteiger partial charge is 0.306 e. The number of esters is 3. The van der Waals surface area contributed by atoms with Crippen molar-refractivity contribution in [2.75, 3.05) is 13.2 Å². The second-order valence-corrected chi connectivity index (χ2v) is 18.1. The summed E-state index contributed by atoms with van der Waals surface area (Å²) >= 11 is 0. The SMILES string of the molecule is CC/C=C\C/C=C\C/C=C\C/C=C\C/C=C\C/C=C\CCCCC(=O)OCC(COC(=O)CCCCCCCCCC)OC(=O)CCCCCCCCCCC/C=C\CCCCCCCC. The Kier molecular flexibility index (Phi) is 51.4. The van der Waals surface area contributed by atoms with Gasteiger partial charge in [0.25, 0.3) is 0 Å². The molecule has 0 bridgehead atoms. The first-order chi connectivity index (χ1) is 32.5. The first kappa shape index (κ1) is 62.6. The van der Waals surface area contributed by atoms with E-state index < -0.39 is 6.10 Å². The summed E-state index contributed by atoms with van der Waals surface area (Å²) in [5, 5.41) is 0. The van der Waals surface area contributed by atoms with Gasteiger partial charge in [-0.25, -0.2) is 0 Å². The zero-order valence-electron chi connectivity index (χ0n) is 43.2. The molecule has 0 amide bonds. The minimum Gasteiger partial charge on any atom is -0.462 e. The normalized spacial score (nSPS) is 12.7. The third-order valence-corrected chi connectivity index (χ3v) is 11.6. The van der Waals surface area contributed by atoms with Gasteiger partial charge in [0.2, 0.25) is 0 Å². The molecule has 0 saturated carbocycles. The van der Waals surface area contributed by atoms with E-state index in [2.05, 4.69) is 106 Å². The van der Waals surface area contributed by atoms with Gasteiger partial charge in [0, 0.05) is 19.3 Å². The van der Waals surface area contributed by atoms with Crippen LogP contribution < -0.4 is 0 Å². The molecule has 378 valence electrons. The van der Waals surface area contributed by atoms with Crippen LogP contribution in [-0.2, 0) is 28.6 Å². The molecule has 0 spiro atoms. The van der Waals surface area contributed by atoms with E-state index in [1.165, 1.54) is 122 Å². The molecule has 0 N–H and O–H groups in total. The average Bonchev–Trinajstić information content (AvgIpc) is 3.31. The maximum Gasteiger partial charge on any atom is 0.306 e. The van der Waals surface area contributed by atoms with Gasteiger partial charge in [-0.05, 0) is 96.3 Å². The molecule has 66 heavy (non-hydrogen) atoms. The van der Waals surface area contributed by atoms with E-state index in [1.54, 1.807) is 0 Å². The number of allylic oxidation sites excluding steroid dienone is 14. The Morgan fingerprint density at radius 3 is 0.970 bits per heavy atom. The van der Waals surface area contributed by atoms with Crippen molar-refractivity contribution in [2.45, 2.75) is 264 Å². The summed E-state index contributed by atoms with van der Waals surface area (Å²) in [6, 6.07) is 0. The van der Waals surface area contributed by atoms with Gasteiger partial charge in [-0.2, -0.15) is 0 Å². The highest BCUT2D eigenvalue weighted by molar-refractivity contribution is 5.71. The van der Waals surface area contributed by atoms with E-state index in [9.17, 15) is 14.4 Å². The number of ether oxygens (including phenoxy) is 3. The summed E-state index contributed by atoms with van der Waals surface area (Å²) in [5.74, 6) is -0.939. The fraction of sp³-hybridized carbons (Fsp3) is 0.717. The van der Waals surface area contributed by atoms with E-state index in [1.807, 2.05) is 0 Å². The first-order valence-electron chi connectivity index (χ1n) is 27.6. The molecule has 1 atom stereocenters. The summed E-state index contributed by atoms with van der Waals surface area (Å²) in [6.45, 7) is 6.46. The predicted octanol–water partition coefficient (Wildman–Crippen LogP) is 18.4. The van der Waals surface area contributed by atoms with Crippen LogP contribution in [0.15, 0.2) is 85.1 Å². The molecule has 0 aliphatic heterocycles. The molecule has 0 aromatic carbocycles. The quantitative estimate of drug-likeness (QED) is 0.0262.